The lowest BCUT2D eigenvalue weighted by Crippen LogP contribution is -2.40. The van der Waals surface area contributed by atoms with Gasteiger partial charge in [-0.05, 0) is 54.7 Å². The molecule has 174 valence electrons. The fourth-order valence-corrected chi connectivity index (χ4v) is 7.81. The molecule has 8 nitrogen and oxygen atoms in total. The molecule has 1 atom stereocenters. The molecule has 0 spiro atoms. The van der Waals surface area contributed by atoms with Gasteiger partial charge in [0.2, 0.25) is 5.91 Å². The Labute approximate surface area is 190 Å². The van der Waals surface area contributed by atoms with Crippen LogP contribution in [-0.2, 0) is 11.2 Å². The van der Waals surface area contributed by atoms with Gasteiger partial charge in [-0.2, -0.15) is 24.6 Å². The number of alkyl halides is 2. The Morgan fingerprint density at radius 3 is 2.76 bits per heavy atom. The van der Waals surface area contributed by atoms with Gasteiger partial charge >= 0.3 is 0 Å². The van der Waals surface area contributed by atoms with Crippen LogP contribution in [0.3, 0.4) is 0 Å². The van der Waals surface area contributed by atoms with Crippen LogP contribution in [0.15, 0.2) is 35.6 Å². The topological polar surface area (TPSA) is 83.7 Å². The van der Waals surface area contributed by atoms with E-state index in [0.29, 0.717) is 29.6 Å². The van der Waals surface area contributed by atoms with Crippen molar-refractivity contribution in [2.75, 3.05) is 35.9 Å². The average molecular weight is 475 g/mol. The van der Waals surface area contributed by atoms with E-state index in [-0.39, 0.29) is 23.3 Å². The molecule has 2 aliphatic rings. The second-order valence-electron chi connectivity index (χ2n) is 8.59. The number of halogens is 2. The quantitative estimate of drug-likeness (QED) is 0.544. The van der Waals surface area contributed by atoms with Gasteiger partial charge < -0.3 is 9.80 Å². The number of anilines is 1. The third kappa shape index (κ3) is 3.73. The van der Waals surface area contributed by atoms with Gasteiger partial charge in [0.25, 0.3) is 18.1 Å². The summed E-state index contributed by atoms with van der Waals surface area (Å²) in [5.41, 5.74) is 2.11. The standard InChI is InChI=1S/C22H24F2N6O2S/c1-14(31)29-8-6-15-10-16(4-5-18(15)29)21(32)28-7-3-9-33(2,13-28)19-11-17(20(23)24)27-22-25-12-26-30(19)22/h4-5,10-12,20H,3,6-9,13H2,1-2H3. The Bertz CT molecular complexity index is 1260. The fraction of sp³-hybridized carbons (Fsp3) is 0.409. The van der Waals surface area contributed by atoms with E-state index in [9.17, 15) is 18.4 Å². The minimum atomic E-state index is -2.71. The van der Waals surface area contributed by atoms with Crippen LogP contribution in [-0.4, -0.2) is 67.3 Å². The Kier molecular flexibility index (Phi) is 5.31. The lowest BCUT2D eigenvalue weighted by atomic mass is 10.1. The number of carbonyl (C=O) groups is 2. The highest BCUT2D eigenvalue weighted by Gasteiger charge is 2.34. The molecule has 1 unspecified atom stereocenters. The number of hydrogen-bond acceptors (Lipinski definition) is 5. The highest BCUT2D eigenvalue weighted by molar-refractivity contribution is 8.33. The summed E-state index contributed by atoms with van der Waals surface area (Å²) in [7, 11) is -1.67. The Morgan fingerprint density at radius 2 is 2.00 bits per heavy atom. The molecule has 2 amide bonds. The van der Waals surface area contributed by atoms with Gasteiger partial charge in [0.15, 0.2) is 0 Å². The van der Waals surface area contributed by atoms with E-state index in [1.807, 2.05) is 23.3 Å². The summed E-state index contributed by atoms with van der Waals surface area (Å²) in [6, 6.07) is 6.89. The Morgan fingerprint density at radius 1 is 1.18 bits per heavy atom. The predicted octanol–water partition coefficient (Wildman–Crippen LogP) is 3.27. The first-order valence-corrected chi connectivity index (χ1v) is 13.1. The molecule has 11 heteroatoms. The second kappa shape index (κ2) is 8.05. The monoisotopic (exact) mass is 474 g/mol. The van der Waals surface area contributed by atoms with Crippen LogP contribution in [0.2, 0.25) is 0 Å². The normalized spacial score (nSPS) is 22.5. The summed E-state index contributed by atoms with van der Waals surface area (Å²) >= 11 is 0. The van der Waals surface area contributed by atoms with Crippen LogP contribution in [0, 0.1) is 0 Å². The molecular weight excluding hydrogens is 450 g/mol. The summed E-state index contributed by atoms with van der Waals surface area (Å²) in [6.07, 6.45) is 2.13. The summed E-state index contributed by atoms with van der Waals surface area (Å²) < 4.78 is 28.5. The molecular formula is C22H24F2N6O2S. The number of fused-ring (bicyclic) bond motifs is 2. The van der Waals surface area contributed by atoms with E-state index in [1.165, 1.54) is 23.8 Å². The number of nitrogens with zero attached hydrogens (tertiary/aromatic N) is 6. The minimum absolute atomic E-state index is 0.0110. The molecule has 1 saturated heterocycles. The highest BCUT2D eigenvalue weighted by Crippen LogP contribution is 2.55. The summed E-state index contributed by atoms with van der Waals surface area (Å²) in [4.78, 5) is 36.7. The first-order chi connectivity index (χ1) is 15.8. The zero-order chi connectivity index (χ0) is 23.3. The molecule has 0 radical (unpaired) electrons. The molecule has 0 saturated carbocycles. The predicted molar refractivity (Wildman–Crippen MR) is 121 cm³/mol. The third-order valence-corrected chi connectivity index (χ3v) is 9.69. The van der Waals surface area contributed by atoms with Crippen LogP contribution in [0.1, 0.15) is 41.4 Å². The number of carbonyl (C=O) groups excluding carboxylic acids is 2. The van der Waals surface area contributed by atoms with Crippen molar-refractivity contribution < 1.29 is 18.4 Å². The van der Waals surface area contributed by atoms with Gasteiger partial charge in [0.05, 0.1) is 10.9 Å². The number of rotatable bonds is 3. The number of benzene rings is 1. The molecule has 0 N–H and O–H groups in total. The van der Waals surface area contributed by atoms with Crippen molar-refractivity contribution in [3.05, 3.63) is 47.4 Å². The molecule has 2 aromatic heterocycles. The van der Waals surface area contributed by atoms with Crippen LogP contribution < -0.4 is 4.90 Å². The zero-order valence-corrected chi connectivity index (χ0v) is 19.2. The maximum absolute atomic E-state index is 13.5. The number of hydrogen-bond donors (Lipinski definition) is 0. The van der Waals surface area contributed by atoms with Gasteiger partial charge in [0.1, 0.15) is 12.0 Å². The van der Waals surface area contributed by atoms with E-state index in [0.717, 1.165) is 29.8 Å². The molecule has 33 heavy (non-hydrogen) atoms. The molecule has 3 aromatic rings. The van der Waals surface area contributed by atoms with Crippen LogP contribution in [0.5, 0.6) is 0 Å². The van der Waals surface area contributed by atoms with Crippen molar-refractivity contribution >= 4 is 33.3 Å². The van der Waals surface area contributed by atoms with Gasteiger partial charge in [0, 0.05) is 31.3 Å². The molecule has 1 aromatic carbocycles. The first kappa shape index (κ1) is 21.7. The average Bonchev–Trinajstić information content (AvgIpc) is 3.44. The lowest BCUT2D eigenvalue weighted by molar-refractivity contribution is -0.116. The van der Waals surface area contributed by atoms with E-state index in [4.69, 9.17) is 0 Å². The minimum Gasteiger partial charge on any atom is -0.330 e. The largest absolute Gasteiger partial charge is 0.330 e. The van der Waals surface area contributed by atoms with Gasteiger partial charge in [-0.25, -0.2) is 13.8 Å². The third-order valence-electron chi connectivity index (χ3n) is 6.32. The maximum atomic E-state index is 13.5. The van der Waals surface area contributed by atoms with Gasteiger partial charge in [-0.1, -0.05) is 0 Å². The summed E-state index contributed by atoms with van der Waals surface area (Å²) in [5.74, 6) is 1.30. The number of amides is 2. The van der Waals surface area contributed by atoms with Crippen LogP contribution >= 0.6 is 10.0 Å². The first-order valence-electron chi connectivity index (χ1n) is 10.7. The van der Waals surface area contributed by atoms with Crippen molar-refractivity contribution in [1.82, 2.24) is 24.5 Å². The van der Waals surface area contributed by atoms with Crippen molar-refractivity contribution in [2.24, 2.45) is 0 Å². The molecule has 1 fully saturated rings. The molecule has 0 bridgehead atoms. The second-order valence-corrected chi connectivity index (χ2v) is 12.2. The maximum Gasteiger partial charge on any atom is 0.280 e. The Hall–Kier alpha value is -3.08. The van der Waals surface area contributed by atoms with Crippen LogP contribution in [0.25, 0.3) is 5.78 Å². The van der Waals surface area contributed by atoms with Crippen molar-refractivity contribution in [3.63, 3.8) is 0 Å². The van der Waals surface area contributed by atoms with Crippen LogP contribution in [0.4, 0.5) is 14.5 Å². The smallest absolute Gasteiger partial charge is 0.280 e. The van der Waals surface area contributed by atoms with Gasteiger partial charge in [-0.3, -0.25) is 9.59 Å². The molecule has 5 rings (SSSR count). The summed E-state index contributed by atoms with van der Waals surface area (Å²) in [5, 5.41) is 4.87. The molecule has 4 heterocycles. The van der Waals surface area contributed by atoms with E-state index >= 15 is 0 Å². The fourth-order valence-electron chi connectivity index (χ4n) is 4.69. The van der Waals surface area contributed by atoms with Crippen molar-refractivity contribution in [3.8, 4) is 0 Å². The Balaban J connectivity index is 1.45. The zero-order valence-electron chi connectivity index (χ0n) is 18.4. The molecule has 2 aliphatic heterocycles. The number of aromatic nitrogens is 4. The summed E-state index contributed by atoms with van der Waals surface area (Å²) in [6.45, 7) is 2.76. The van der Waals surface area contributed by atoms with Gasteiger partial charge in [-0.15, -0.1) is 0 Å². The molecule has 0 aliphatic carbocycles. The van der Waals surface area contributed by atoms with E-state index in [1.54, 1.807) is 11.0 Å². The lowest BCUT2D eigenvalue weighted by Gasteiger charge is -2.44. The van der Waals surface area contributed by atoms with Crippen molar-refractivity contribution in [1.29, 1.82) is 0 Å². The van der Waals surface area contributed by atoms with E-state index in [2.05, 4.69) is 15.1 Å². The SMILES string of the molecule is CC(=O)N1CCc2cc(C(=O)N3CCCS(C)(c4cc(C(F)F)nc5ncnn45)C3)ccc21. The van der Waals surface area contributed by atoms with E-state index < -0.39 is 16.5 Å². The highest BCUT2D eigenvalue weighted by atomic mass is 32.3. The van der Waals surface area contributed by atoms with Crippen molar-refractivity contribution in [2.45, 2.75) is 31.2 Å².